The molecule has 31 heavy (non-hydrogen) atoms. The summed E-state index contributed by atoms with van der Waals surface area (Å²) in [5.41, 5.74) is 6.68. The van der Waals surface area contributed by atoms with E-state index >= 15 is 0 Å². The zero-order valence-corrected chi connectivity index (χ0v) is 18.1. The lowest BCUT2D eigenvalue weighted by molar-refractivity contribution is -0.120. The molecule has 0 aliphatic heterocycles. The number of hydrogen-bond donors (Lipinski definition) is 3. The molecule has 0 aromatic heterocycles. The van der Waals surface area contributed by atoms with Crippen LogP contribution in [0.15, 0.2) is 48.5 Å². The normalized spacial score (nSPS) is 11.2. The van der Waals surface area contributed by atoms with E-state index in [2.05, 4.69) is 10.0 Å². The highest BCUT2D eigenvalue weighted by molar-refractivity contribution is 7.92. The van der Waals surface area contributed by atoms with Gasteiger partial charge in [-0.3, -0.25) is 14.3 Å². The highest BCUT2D eigenvalue weighted by Gasteiger charge is 2.09. The van der Waals surface area contributed by atoms with Crippen LogP contribution in [-0.2, 0) is 19.6 Å². The molecule has 0 saturated carbocycles. The fraction of sp³-hybridized carbons (Fsp3) is 0.238. The number of rotatable bonds is 11. The van der Waals surface area contributed by atoms with Crippen molar-refractivity contribution in [3.8, 4) is 11.5 Å². The van der Waals surface area contributed by atoms with E-state index in [0.717, 1.165) is 0 Å². The molecule has 0 unspecified atom stereocenters. The number of nitrogens with two attached hydrogens (primary N) is 1. The van der Waals surface area contributed by atoms with Gasteiger partial charge in [-0.25, -0.2) is 8.42 Å². The fourth-order valence-electron chi connectivity index (χ4n) is 2.53. The first-order valence-electron chi connectivity index (χ1n) is 9.41. The van der Waals surface area contributed by atoms with Crippen LogP contribution in [0.3, 0.4) is 0 Å². The van der Waals surface area contributed by atoms with Gasteiger partial charge in [-0.05, 0) is 54.5 Å². The van der Waals surface area contributed by atoms with Crippen molar-refractivity contribution in [3.05, 3.63) is 54.1 Å². The van der Waals surface area contributed by atoms with Crippen LogP contribution in [0.2, 0.25) is 0 Å². The lowest BCUT2D eigenvalue weighted by atomic mass is 10.2. The van der Waals surface area contributed by atoms with Gasteiger partial charge in [0, 0.05) is 17.5 Å². The molecule has 0 aliphatic carbocycles. The molecule has 0 atom stereocenters. The minimum atomic E-state index is -3.37. The minimum Gasteiger partial charge on any atom is -0.493 e. The molecule has 10 heteroatoms. The summed E-state index contributed by atoms with van der Waals surface area (Å²) in [5.74, 6) is -0.178. The van der Waals surface area contributed by atoms with Gasteiger partial charge in [0.05, 0.1) is 12.9 Å². The first-order valence-corrected chi connectivity index (χ1v) is 11.1. The highest BCUT2D eigenvalue weighted by Crippen LogP contribution is 2.28. The number of primary amides is 1. The Kier molecular flexibility index (Phi) is 8.44. The SMILES string of the molecule is CCCS(=O)(=O)Nc1ccc(NC(=O)/C=C/c2ccc(OCC(N)=O)c(OC)c2)cc1. The molecule has 4 N–H and O–H groups in total. The Morgan fingerprint density at radius 1 is 1.06 bits per heavy atom. The number of anilines is 2. The first kappa shape index (κ1) is 23.7. The molecule has 0 heterocycles. The van der Waals surface area contributed by atoms with Crippen LogP contribution in [0.5, 0.6) is 11.5 Å². The van der Waals surface area contributed by atoms with Crippen molar-refractivity contribution in [2.75, 3.05) is 29.5 Å². The third-order valence-electron chi connectivity index (χ3n) is 3.88. The average Bonchev–Trinajstić information content (AvgIpc) is 2.72. The van der Waals surface area contributed by atoms with Gasteiger partial charge >= 0.3 is 0 Å². The number of nitrogens with one attached hydrogen (secondary N) is 2. The number of sulfonamides is 1. The topological polar surface area (TPSA) is 137 Å². The number of benzene rings is 2. The zero-order chi connectivity index (χ0) is 22.9. The number of amides is 2. The summed E-state index contributed by atoms with van der Waals surface area (Å²) in [6.07, 6.45) is 3.45. The molecule has 0 aliphatic rings. The molecule has 0 fully saturated rings. The highest BCUT2D eigenvalue weighted by atomic mass is 32.2. The summed E-state index contributed by atoms with van der Waals surface area (Å²) in [6.45, 7) is 1.51. The molecule has 0 bridgehead atoms. The maximum Gasteiger partial charge on any atom is 0.255 e. The predicted octanol–water partition coefficient (Wildman–Crippen LogP) is 2.36. The number of hydrogen-bond acceptors (Lipinski definition) is 6. The van der Waals surface area contributed by atoms with E-state index in [1.165, 1.54) is 13.2 Å². The maximum atomic E-state index is 12.2. The number of carbonyl (C=O) groups is 2. The summed E-state index contributed by atoms with van der Waals surface area (Å²) in [7, 11) is -1.91. The van der Waals surface area contributed by atoms with Crippen molar-refractivity contribution in [1.82, 2.24) is 0 Å². The molecule has 9 nitrogen and oxygen atoms in total. The van der Waals surface area contributed by atoms with Gasteiger partial charge in [-0.1, -0.05) is 13.0 Å². The molecule has 2 aromatic carbocycles. The summed E-state index contributed by atoms with van der Waals surface area (Å²) >= 11 is 0. The van der Waals surface area contributed by atoms with Crippen molar-refractivity contribution < 1.29 is 27.5 Å². The van der Waals surface area contributed by atoms with E-state index in [-0.39, 0.29) is 18.3 Å². The molecule has 2 aromatic rings. The smallest absolute Gasteiger partial charge is 0.255 e. The van der Waals surface area contributed by atoms with Crippen LogP contribution >= 0.6 is 0 Å². The Balaban J connectivity index is 1.98. The van der Waals surface area contributed by atoms with Crippen molar-refractivity contribution in [3.63, 3.8) is 0 Å². The van der Waals surface area contributed by atoms with Crippen molar-refractivity contribution in [1.29, 1.82) is 0 Å². The second-order valence-corrected chi connectivity index (χ2v) is 8.33. The summed E-state index contributed by atoms with van der Waals surface area (Å²) in [4.78, 5) is 23.0. The lowest BCUT2D eigenvalue weighted by Gasteiger charge is -2.10. The average molecular weight is 448 g/mol. The number of methoxy groups -OCH3 is 1. The second-order valence-electron chi connectivity index (χ2n) is 6.49. The van der Waals surface area contributed by atoms with Crippen molar-refractivity contribution in [2.24, 2.45) is 5.73 Å². The van der Waals surface area contributed by atoms with Crippen molar-refractivity contribution in [2.45, 2.75) is 13.3 Å². The third kappa shape index (κ3) is 8.01. The molecular weight excluding hydrogens is 422 g/mol. The molecule has 0 spiro atoms. The van der Waals surface area contributed by atoms with E-state index in [1.54, 1.807) is 55.5 Å². The van der Waals surface area contributed by atoms with Gasteiger partial charge in [0.25, 0.3) is 5.91 Å². The lowest BCUT2D eigenvalue weighted by Crippen LogP contribution is -2.20. The van der Waals surface area contributed by atoms with Crippen LogP contribution in [0, 0.1) is 0 Å². The standard InChI is InChI=1S/C21H25N3O6S/c1-3-12-31(27,28)24-17-8-6-16(7-9-17)23-21(26)11-5-15-4-10-18(19(13-15)29-2)30-14-20(22)25/h4-11,13,24H,3,12,14H2,1-2H3,(H2,22,25)(H,23,26)/b11-5+. The van der Waals surface area contributed by atoms with Gasteiger partial charge in [0.1, 0.15) is 0 Å². The van der Waals surface area contributed by atoms with E-state index in [4.69, 9.17) is 15.2 Å². The van der Waals surface area contributed by atoms with Gasteiger partial charge < -0.3 is 20.5 Å². The first-order chi connectivity index (χ1) is 14.7. The van der Waals surface area contributed by atoms with Gasteiger partial charge in [0.15, 0.2) is 18.1 Å². The van der Waals surface area contributed by atoms with Gasteiger partial charge in [-0.15, -0.1) is 0 Å². The Hall–Kier alpha value is -3.53. The zero-order valence-electron chi connectivity index (χ0n) is 17.3. The summed E-state index contributed by atoms with van der Waals surface area (Å²) in [6, 6.07) is 11.3. The molecular formula is C21H25N3O6S. The molecule has 2 rings (SSSR count). The Morgan fingerprint density at radius 2 is 1.74 bits per heavy atom. The maximum absolute atomic E-state index is 12.2. The molecule has 166 valence electrons. The van der Waals surface area contributed by atoms with Gasteiger partial charge in [-0.2, -0.15) is 0 Å². The molecule has 0 saturated heterocycles. The monoisotopic (exact) mass is 447 g/mol. The Labute approximate surface area is 181 Å². The molecule has 0 radical (unpaired) electrons. The van der Waals surface area contributed by atoms with E-state index in [9.17, 15) is 18.0 Å². The summed E-state index contributed by atoms with van der Waals surface area (Å²) < 4.78 is 36.5. The third-order valence-corrected chi connectivity index (χ3v) is 5.38. The Bertz CT molecular complexity index is 1050. The fourth-order valence-corrected chi connectivity index (χ4v) is 3.67. The number of carbonyl (C=O) groups excluding carboxylic acids is 2. The van der Waals surface area contributed by atoms with Crippen molar-refractivity contribution >= 4 is 39.3 Å². The van der Waals surface area contributed by atoms with Gasteiger partial charge in [0.2, 0.25) is 15.9 Å². The quantitative estimate of drug-likeness (QED) is 0.452. The number of ether oxygens (including phenoxy) is 2. The largest absolute Gasteiger partial charge is 0.493 e. The second kappa shape index (κ2) is 11.0. The van der Waals surface area contributed by atoms with E-state index in [1.807, 2.05) is 0 Å². The Morgan fingerprint density at radius 3 is 2.35 bits per heavy atom. The van der Waals surface area contributed by atoms with Crippen LogP contribution < -0.4 is 25.2 Å². The van der Waals surface area contributed by atoms with Crippen LogP contribution in [-0.4, -0.2) is 39.7 Å². The van der Waals surface area contributed by atoms with E-state index in [0.29, 0.717) is 34.9 Å². The summed E-state index contributed by atoms with van der Waals surface area (Å²) in [5, 5.41) is 2.69. The van der Waals surface area contributed by atoms with E-state index < -0.39 is 15.9 Å². The van der Waals surface area contributed by atoms with Crippen LogP contribution in [0.1, 0.15) is 18.9 Å². The van der Waals surface area contributed by atoms with Crippen LogP contribution in [0.4, 0.5) is 11.4 Å². The minimum absolute atomic E-state index is 0.0410. The van der Waals surface area contributed by atoms with Crippen LogP contribution in [0.25, 0.3) is 6.08 Å². The molecule has 2 amide bonds. The predicted molar refractivity (Wildman–Crippen MR) is 119 cm³/mol.